The number of thioether (sulfide) groups is 1. The van der Waals surface area contributed by atoms with E-state index in [0.29, 0.717) is 16.2 Å². The molecule has 5 nitrogen and oxygen atoms in total. The molecule has 4 aromatic rings. The van der Waals surface area contributed by atoms with Crippen LogP contribution in [-0.2, 0) is 5.75 Å². The van der Waals surface area contributed by atoms with Gasteiger partial charge in [0.1, 0.15) is 5.39 Å². The Morgan fingerprint density at radius 3 is 2.46 bits per heavy atom. The summed E-state index contributed by atoms with van der Waals surface area (Å²) in [4.78, 5) is 17.5. The summed E-state index contributed by atoms with van der Waals surface area (Å²) in [6.07, 6.45) is 1.52. The van der Waals surface area contributed by atoms with Gasteiger partial charge in [0.2, 0.25) is 0 Å². The van der Waals surface area contributed by atoms with Gasteiger partial charge < -0.3 is 0 Å². The summed E-state index contributed by atoms with van der Waals surface area (Å²) >= 11 is 1.53. The molecule has 0 radical (unpaired) electrons. The highest BCUT2D eigenvalue weighted by molar-refractivity contribution is 7.98. The van der Waals surface area contributed by atoms with Crippen molar-refractivity contribution in [3.05, 3.63) is 82.8 Å². The summed E-state index contributed by atoms with van der Waals surface area (Å²) in [5.41, 5.74) is 2.38. The van der Waals surface area contributed by atoms with Gasteiger partial charge in [0.25, 0.3) is 5.56 Å². The summed E-state index contributed by atoms with van der Waals surface area (Å²) in [6, 6.07) is 19.7. The molecule has 0 aliphatic carbocycles. The number of rotatable bonds is 4. The maximum atomic E-state index is 12.9. The Morgan fingerprint density at radius 2 is 1.71 bits per heavy atom. The van der Waals surface area contributed by atoms with Crippen molar-refractivity contribution in [2.45, 2.75) is 10.9 Å². The fraction of sp³-hybridized carbons (Fsp3) is 0.0556. The van der Waals surface area contributed by atoms with Crippen LogP contribution in [0, 0.1) is 0 Å². The summed E-state index contributed by atoms with van der Waals surface area (Å²) in [5.74, 6) is 0.736. The van der Waals surface area contributed by atoms with Crippen molar-refractivity contribution in [3.8, 4) is 5.69 Å². The van der Waals surface area contributed by atoms with Crippen molar-refractivity contribution in [1.82, 2.24) is 19.7 Å². The van der Waals surface area contributed by atoms with Crippen LogP contribution in [0.1, 0.15) is 5.56 Å². The van der Waals surface area contributed by atoms with E-state index in [1.165, 1.54) is 23.5 Å². The third-order valence-corrected chi connectivity index (χ3v) is 4.69. The Kier molecular flexibility index (Phi) is 3.88. The van der Waals surface area contributed by atoms with Crippen molar-refractivity contribution in [1.29, 1.82) is 0 Å². The molecule has 2 aromatic carbocycles. The lowest BCUT2D eigenvalue weighted by Gasteiger charge is -2.11. The number of para-hydroxylation sites is 1. The molecule has 2 heterocycles. The van der Waals surface area contributed by atoms with E-state index in [-0.39, 0.29) is 5.56 Å². The molecule has 0 atom stereocenters. The number of hydrogen-bond donors (Lipinski definition) is 1. The molecule has 0 bridgehead atoms. The summed E-state index contributed by atoms with van der Waals surface area (Å²) < 4.78 is 1.64. The predicted molar refractivity (Wildman–Crippen MR) is 95.5 cm³/mol. The van der Waals surface area contributed by atoms with Crippen molar-refractivity contribution in [3.63, 3.8) is 0 Å². The van der Waals surface area contributed by atoms with E-state index < -0.39 is 0 Å². The Morgan fingerprint density at radius 1 is 1.00 bits per heavy atom. The molecule has 0 saturated carbocycles. The number of fused-ring (bicyclic) bond motifs is 1. The van der Waals surface area contributed by atoms with Crippen LogP contribution in [0.2, 0.25) is 0 Å². The monoisotopic (exact) mass is 334 g/mol. The van der Waals surface area contributed by atoms with Crippen LogP contribution >= 0.6 is 11.8 Å². The van der Waals surface area contributed by atoms with Crippen LogP contribution in [0.3, 0.4) is 0 Å². The molecular weight excluding hydrogens is 320 g/mol. The number of benzene rings is 2. The molecule has 0 spiro atoms. The predicted octanol–water partition coefficient (Wildman–Crippen LogP) is 3.40. The highest BCUT2D eigenvalue weighted by Crippen LogP contribution is 2.23. The number of H-pyrrole nitrogens is 1. The zero-order valence-electron chi connectivity index (χ0n) is 12.7. The maximum Gasteiger partial charge on any atom is 0.269 e. The topological polar surface area (TPSA) is 63.6 Å². The van der Waals surface area contributed by atoms with Crippen LogP contribution in [-0.4, -0.2) is 19.7 Å². The highest BCUT2D eigenvalue weighted by Gasteiger charge is 2.14. The third-order valence-electron chi connectivity index (χ3n) is 3.68. The normalized spacial score (nSPS) is 11.0. The summed E-state index contributed by atoms with van der Waals surface area (Å²) in [5, 5.41) is 7.87. The molecule has 0 amide bonds. The summed E-state index contributed by atoms with van der Waals surface area (Å²) in [7, 11) is 0. The zero-order chi connectivity index (χ0) is 16.4. The number of hydrogen-bond acceptors (Lipinski definition) is 4. The molecule has 1 N–H and O–H groups in total. The lowest BCUT2D eigenvalue weighted by Crippen LogP contribution is -2.21. The van der Waals surface area contributed by atoms with Crippen LogP contribution in [0.15, 0.2) is 76.8 Å². The Balaban J connectivity index is 1.82. The number of nitrogens with zero attached hydrogens (tertiary/aromatic N) is 3. The number of nitrogens with one attached hydrogen (secondary N) is 1. The van der Waals surface area contributed by atoms with Gasteiger partial charge in [0.15, 0.2) is 10.8 Å². The smallest absolute Gasteiger partial charge is 0.268 e. The van der Waals surface area contributed by atoms with E-state index in [4.69, 9.17) is 0 Å². The van der Waals surface area contributed by atoms with Gasteiger partial charge in [-0.25, -0.2) is 4.98 Å². The molecular formula is C18H14N4OS. The van der Waals surface area contributed by atoms with E-state index in [2.05, 4.69) is 27.3 Å². The molecule has 0 aliphatic heterocycles. The first-order valence-corrected chi connectivity index (χ1v) is 8.50. The first-order valence-electron chi connectivity index (χ1n) is 7.51. The van der Waals surface area contributed by atoms with E-state index in [0.717, 1.165) is 11.4 Å². The molecule has 0 saturated heterocycles. The maximum absolute atomic E-state index is 12.9. The first-order chi connectivity index (χ1) is 11.8. The highest BCUT2D eigenvalue weighted by atomic mass is 32.2. The molecule has 2 aromatic heterocycles. The molecule has 24 heavy (non-hydrogen) atoms. The largest absolute Gasteiger partial charge is 0.269 e. The van der Waals surface area contributed by atoms with Gasteiger partial charge in [0, 0.05) is 5.75 Å². The average molecular weight is 334 g/mol. The summed E-state index contributed by atoms with van der Waals surface area (Å²) in [6.45, 7) is 0. The molecule has 6 heteroatoms. The lowest BCUT2D eigenvalue weighted by atomic mass is 10.2. The third kappa shape index (κ3) is 2.72. The molecule has 118 valence electrons. The van der Waals surface area contributed by atoms with Gasteiger partial charge in [-0.05, 0) is 17.7 Å². The SMILES string of the molecule is O=c1c2cn[nH]c2nc(SCc2ccccc2)n1-c1ccccc1. The van der Waals surface area contributed by atoms with E-state index in [1.807, 2.05) is 48.5 Å². The quantitative estimate of drug-likeness (QED) is 0.459. The standard InChI is InChI=1S/C18H14N4OS/c23-17-15-11-19-21-16(15)20-18(22(17)14-9-5-2-6-10-14)24-12-13-7-3-1-4-8-13/h1-11H,12H2,(H,19,21). The fourth-order valence-corrected chi connectivity index (χ4v) is 3.46. The van der Waals surface area contributed by atoms with E-state index in [1.54, 1.807) is 4.57 Å². The van der Waals surface area contributed by atoms with Gasteiger partial charge in [0.05, 0.1) is 11.9 Å². The fourth-order valence-electron chi connectivity index (χ4n) is 2.50. The van der Waals surface area contributed by atoms with Gasteiger partial charge in [-0.15, -0.1) is 0 Å². The van der Waals surface area contributed by atoms with E-state index in [9.17, 15) is 4.79 Å². The molecule has 4 rings (SSSR count). The van der Waals surface area contributed by atoms with Crippen LogP contribution < -0.4 is 5.56 Å². The van der Waals surface area contributed by atoms with E-state index >= 15 is 0 Å². The van der Waals surface area contributed by atoms with Crippen LogP contribution in [0.25, 0.3) is 16.7 Å². The number of aromatic amines is 1. The Bertz CT molecular complexity index is 1030. The minimum absolute atomic E-state index is 0.115. The minimum atomic E-state index is -0.115. The lowest BCUT2D eigenvalue weighted by molar-refractivity contribution is 0.816. The van der Waals surface area contributed by atoms with Crippen molar-refractivity contribution in [2.24, 2.45) is 0 Å². The second-order valence-corrected chi connectivity index (χ2v) is 6.22. The van der Waals surface area contributed by atoms with Gasteiger partial charge >= 0.3 is 0 Å². The van der Waals surface area contributed by atoms with Gasteiger partial charge in [-0.3, -0.25) is 14.5 Å². The number of aromatic nitrogens is 4. The van der Waals surface area contributed by atoms with Crippen LogP contribution in [0.4, 0.5) is 0 Å². The minimum Gasteiger partial charge on any atom is -0.268 e. The van der Waals surface area contributed by atoms with Crippen LogP contribution in [0.5, 0.6) is 0 Å². The van der Waals surface area contributed by atoms with Gasteiger partial charge in [-0.1, -0.05) is 60.3 Å². The van der Waals surface area contributed by atoms with Crippen molar-refractivity contribution < 1.29 is 0 Å². The molecule has 0 unspecified atom stereocenters. The average Bonchev–Trinajstić information content (AvgIpc) is 3.10. The Hall–Kier alpha value is -2.86. The van der Waals surface area contributed by atoms with Gasteiger partial charge in [-0.2, -0.15) is 5.10 Å². The Labute approximate surface area is 142 Å². The molecule has 0 aliphatic rings. The van der Waals surface area contributed by atoms with Crippen molar-refractivity contribution in [2.75, 3.05) is 0 Å². The zero-order valence-corrected chi connectivity index (χ0v) is 13.5. The first kappa shape index (κ1) is 14.7. The molecule has 0 fully saturated rings. The second-order valence-electron chi connectivity index (χ2n) is 5.28. The van der Waals surface area contributed by atoms with Crippen molar-refractivity contribution >= 4 is 22.8 Å². The second kappa shape index (κ2) is 6.33.